The summed E-state index contributed by atoms with van der Waals surface area (Å²) >= 11 is 0. The van der Waals surface area contributed by atoms with Gasteiger partial charge >= 0.3 is 0 Å². The number of amides is 1. The number of carbonyl (C=O) groups excluding carboxylic acids is 2. The molecule has 0 aromatic carbocycles. The third-order valence-electron chi connectivity index (χ3n) is 5.95. The summed E-state index contributed by atoms with van der Waals surface area (Å²) in [6.45, 7) is 7.46. The fourth-order valence-electron chi connectivity index (χ4n) is 3.95. The van der Waals surface area contributed by atoms with Gasteiger partial charge in [-0.3, -0.25) is 9.59 Å². The predicted molar refractivity (Wildman–Crippen MR) is 72.7 cm³/mol. The standard InChI is InChI=1S/C15H25NO3/c1-13(2)14(3)6-7-15(13,10-11(14)17)12(18)16-8-5-9-19-4/h5-10H2,1-4H3,(H,16,18)/t14-,15-/m0/s1. The smallest absolute Gasteiger partial charge is 0.227 e. The fraction of sp³-hybridized carbons (Fsp3) is 0.867. The highest BCUT2D eigenvalue weighted by Gasteiger charge is 2.72. The lowest BCUT2D eigenvalue weighted by Crippen LogP contribution is -2.47. The molecule has 2 fully saturated rings. The van der Waals surface area contributed by atoms with Crippen LogP contribution in [0.25, 0.3) is 0 Å². The van der Waals surface area contributed by atoms with Crippen LogP contribution >= 0.6 is 0 Å². The molecule has 2 aliphatic carbocycles. The van der Waals surface area contributed by atoms with Crippen LogP contribution in [0.4, 0.5) is 0 Å². The number of nitrogens with one attached hydrogen (secondary N) is 1. The van der Waals surface area contributed by atoms with Crippen molar-refractivity contribution >= 4 is 11.7 Å². The van der Waals surface area contributed by atoms with E-state index >= 15 is 0 Å². The number of ketones is 1. The lowest BCUT2D eigenvalue weighted by atomic mass is 9.64. The zero-order valence-corrected chi connectivity index (χ0v) is 12.5. The number of fused-ring (bicyclic) bond motifs is 2. The van der Waals surface area contributed by atoms with Crippen molar-refractivity contribution in [3.63, 3.8) is 0 Å². The van der Waals surface area contributed by atoms with Crippen LogP contribution in [-0.2, 0) is 14.3 Å². The van der Waals surface area contributed by atoms with Gasteiger partial charge in [-0.15, -0.1) is 0 Å². The summed E-state index contributed by atoms with van der Waals surface area (Å²) < 4.78 is 4.98. The first-order chi connectivity index (χ1) is 8.82. The Morgan fingerprint density at radius 1 is 1.32 bits per heavy atom. The largest absolute Gasteiger partial charge is 0.385 e. The van der Waals surface area contributed by atoms with Gasteiger partial charge in [0.2, 0.25) is 5.91 Å². The normalized spacial score (nSPS) is 35.7. The lowest BCUT2D eigenvalue weighted by Gasteiger charge is -2.38. The van der Waals surface area contributed by atoms with Crippen molar-refractivity contribution in [2.45, 2.75) is 46.5 Å². The predicted octanol–water partition coefficient (Wildman–Crippen LogP) is 1.92. The van der Waals surface area contributed by atoms with Crippen molar-refractivity contribution in [2.24, 2.45) is 16.2 Å². The number of methoxy groups -OCH3 is 1. The van der Waals surface area contributed by atoms with Gasteiger partial charge in [-0.1, -0.05) is 20.8 Å². The van der Waals surface area contributed by atoms with Gasteiger partial charge in [0.1, 0.15) is 5.78 Å². The SMILES string of the molecule is COCCCNC(=O)[C@]12CC[C@@](C)(C(=O)C1)C2(C)C. The number of hydrogen-bond acceptors (Lipinski definition) is 3. The van der Waals surface area contributed by atoms with Crippen LogP contribution in [0.2, 0.25) is 0 Å². The maximum absolute atomic E-state index is 12.6. The van der Waals surface area contributed by atoms with Gasteiger partial charge in [-0.2, -0.15) is 0 Å². The Labute approximate surface area is 115 Å². The highest BCUT2D eigenvalue weighted by molar-refractivity contribution is 5.99. The highest BCUT2D eigenvalue weighted by atomic mass is 16.5. The molecule has 1 amide bonds. The van der Waals surface area contributed by atoms with Gasteiger partial charge in [0, 0.05) is 32.1 Å². The van der Waals surface area contributed by atoms with E-state index in [1.165, 1.54) is 0 Å². The minimum absolute atomic E-state index is 0.0585. The molecule has 2 saturated carbocycles. The number of carbonyl (C=O) groups is 2. The quantitative estimate of drug-likeness (QED) is 0.774. The zero-order valence-electron chi connectivity index (χ0n) is 12.5. The minimum atomic E-state index is -0.494. The first kappa shape index (κ1) is 14.5. The second-order valence-corrected chi connectivity index (χ2v) is 6.74. The summed E-state index contributed by atoms with van der Waals surface area (Å²) in [4.78, 5) is 24.8. The van der Waals surface area contributed by atoms with Crippen molar-refractivity contribution in [1.82, 2.24) is 5.32 Å². The molecule has 2 bridgehead atoms. The average molecular weight is 267 g/mol. The molecule has 0 unspecified atom stereocenters. The molecule has 0 aromatic rings. The van der Waals surface area contributed by atoms with Crippen LogP contribution in [0.3, 0.4) is 0 Å². The Morgan fingerprint density at radius 3 is 2.47 bits per heavy atom. The van der Waals surface area contributed by atoms with Gasteiger partial charge in [0.15, 0.2) is 0 Å². The second-order valence-electron chi connectivity index (χ2n) is 6.74. The van der Waals surface area contributed by atoms with Gasteiger partial charge in [0.25, 0.3) is 0 Å². The maximum Gasteiger partial charge on any atom is 0.227 e. The average Bonchev–Trinajstić information content (AvgIpc) is 2.65. The molecule has 2 atom stereocenters. The van der Waals surface area contributed by atoms with E-state index in [0.717, 1.165) is 19.3 Å². The third-order valence-corrected chi connectivity index (χ3v) is 5.95. The molecule has 4 nitrogen and oxygen atoms in total. The number of ether oxygens (including phenoxy) is 1. The molecule has 2 aliphatic rings. The van der Waals surface area contributed by atoms with E-state index in [0.29, 0.717) is 19.6 Å². The van der Waals surface area contributed by atoms with Gasteiger partial charge < -0.3 is 10.1 Å². The first-order valence-corrected chi connectivity index (χ1v) is 7.12. The van der Waals surface area contributed by atoms with Crippen LogP contribution in [0, 0.1) is 16.2 Å². The summed E-state index contributed by atoms with van der Waals surface area (Å²) in [6.07, 6.45) is 2.89. The van der Waals surface area contributed by atoms with Crippen molar-refractivity contribution < 1.29 is 14.3 Å². The Balaban J connectivity index is 2.11. The van der Waals surface area contributed by atoms with E-state index in [9.17, 15) is 9.59 Å². The van der Waals surface area contributed by atoms with E-state index in [2.05, 4.69) is 19.2 Å². The van der Waals surface area contributed by atoms with Crippen molar-refractivity contribution in [3.8, 4) is 0 Å². The summed E-state index contributed by atoms with van der Waals surface area (Å²) in [5.74, 6) is 0.318. The minimum Gasteiger partial charge on any atom is -0.385 e. The molecule has 108 valence electrons. The van der Waals surface area contributed by atoms with E-state index < -0.39 is 5.41 Å². The van der Waals surface area contributed by atoms with E-state index in [-0.39, 0.29) is 22.5 Å². The number of hydrogen-bond donors (Lipinski definition) is 1. The molecule has 0 aromatic heterocycles. The molecule has 0 spiro atoms. The monoisotopic (exact) mass is 267 g/mol. The van der Waals surface area contributed by atoms with E-state index in [4.69, 9.17) is 4.74 Å². The van der Waals surface area contributed by atoms with Gasteiger partial charge in [-0.05, 0) is 24.7 Å². The maximum atomic E-state index is 12.6. The van der Waals surface area contributed by atoms with Crippen molar-refractivity contribution in [1.29, 1.82) is 0 Å². The summed E-state index contributed by atoms with van der Waals surface area (Å²) in [6, 6.07) is 0. The zero-order chi connectivity index (χ0) is 14.3. The molecule has 0 aliphatic heterocycles. The molecular weight excluding hydrogens is 242 g/mol. The summed E-state index contributed by atoms with van der Waals surface area (Å²) in [7, 11) is 1.65. The van der Waals surface area contributed by atoms with Crippen LogP contribution in [0.5, 0.6) is 0 Å². The molecular formula is C15H25NO3. The lowest BCUT2D eigenvalue weighted by molar-refractivity contribution is -0.136. The fourth-order valence-corrected chi connectivity index (χ4v) is 3.95. The van der Waals surface area contributed by atoms with Crippen LogP contribution in [0.15, 0.2) is 0 Å². The van der Waals surface area contributed by atoms with Crippen LogP contribution in [-0.4, -0.2) is 32.0 Å². The Morgan fingerprint density at radius 2 is 2.00 bits per heavy atom. The van der Waals surface area contributed by atoms with E-state index in [1.807, 2.05) is 6.92 Å². The molecule has 0 radical (unpaired) electrons. The van der Waals surface area contributed by atoms with E-state index in [1.54, 1.807) is 7.11 Å². The molecule has 1 N–H and O–H groups in total. The third kappa shape index (κ3) is 1.76. The number of Topliss-reactive ketones (excluding diaryl/α,β-unsaturated/α-hetero) is 1. The Bertz CT molecular complexity index is 404. The topological polar surface area (TPSA) is 55.4 Å². The first-order valence-electron chi connectivity index (χ1n) is 7.12. The molecule has 2 rings (SSSR count). The summed E-state index contributed by atoms with van der Waals surface area (Å²) in [5, 5.41) is 3.00. The molecule has 0 saturated heterocycles. The highest BCUT2D eigenvalue weighted by Crippen LogP contribution is 2.70. The molecule has 0 heterocycles. The molecule has 4 heteroatoms. The second kappa shape index (κ2) is 4.58. The van der Waals surface area contributed by atoms with Crippen LogP contribution < -0.4 is 5.32 Å². The van der Waals surface area contributed by atoms with Gasteiger partial charge in [0.05, 0.1) is 5.41 Å². The van der Waals surface area contributed by atoms with Crippen LogP contribution in [0.1, 0.15) is 46.5 Å². The Hall–Kier alpha value is -0.900. The van der Waals surface area contributed by atoms with Crippen molar-refractivity contribution in [2.75, 3.05) is 20.3 Å². The molecule has 19 heavy (non-hydrogen) atoms. The number of rotatable bonds is 5. The summed E-state index contributed by atoms with van der Waals surface area (Å²) in [5.41, 5.74) is -1.06. The van der Waals surface area contributed by atoms with Crippen molar-refractivity contribution in [3.05, 3.63) is 0 Å². The Kier molecular flexibility index (Phi) is 3.50. The van der Waals surface area contributed by atoms with Gasteiger partial charge in [-0.25, -0.2) is 0 Å².